The van der Waals surface area contributed by atoms with E-state index in [-0.39, 0.29) is 11.1 Å². The first-order valence-electron chi connectivity index (χ1n) is 5.78. The van der Waals surface area contributed by atoms with Gasteiger partial charge in [-0.05, 0) is 45.7 Å². The van der Waals surface area contributed by atoms with Gasteiger partial charge in [0.1, 0.15) is 0 Å². The summed E-state index contributed by atoms with van der Waals surface area (Å²) in [6.07, 6.45) is 0. The molecule has 0 amide bonds. The number of hydrogen-bond acceptors (Lipinski definition) is 2. The van der Waals surface area contributed by atoms with Gasteiger partial charge in [-0.3, -0.25) is 0 Å². The van der Waals surface area contributed by atoms with Crippen LogP contribution < -0.4 is 0 Å². The summed E-state index contributed by atoms with van der Waals surface area (Å²) in [5.74, 6) is 0. The number of hydroxylamine groups is 2. The summed E-state index contributed by atoms with van der Waals surface area (Å²) in [5, 5.41) is 2.09. The van der Waals surface area contributed by atoms with E-state index in [9.17, 15) is 0 Å². The van der Waals surface area contributed by atoms with Crippen molar-refractivity contribution in [3.8, 4) is 0 Å². The Balaban J connectivity index is 2.68. The van der Waals surface area contributed by atoms with Crippen molar-refractivity contribution >= 4 is 0 Å². The zero-order valence-corrected chi connectivity index (χ0v) is 11.1. The predicted molar refractivity (Wildman–Crippen MR) is 66.1 cm³/mol. The van der Waals surface area contributed by atoms with Crippen LogP contribution in [0.5, 0.6) is 0 Å². The van der Waals surface area contributed by atoms with Crippen LogP contribution in [0.1, 0.15) is 44.4 Å². The van der Waals surface area contributed by atoms with Crippen LogP contribution in [0, 0.1) is 6.92 Å². The molecule has 88 valence electrons. The summed E-state index contributed by atoms with van der Waals surface area (Å²) in [5.41, 5.74) is 3.91. The number of aryl methyl sites for hydroxylation is 1. The van der Waals surface area contributed by atoms with Gasteiger partial charge in [0.2, 0.25) is 0 Å². The van der Waals surface area contributed by atoms with Crippen molar-refractivity contribution in [3.63, 3.8) is 0 Å². The molecule has 2 heteroatoms. The molecule has 0 unspecified atom stereocenters. The molecule has 1 heterocycles. The van der Waals surface area contributed by atoms with Crippen molar-refractivity contribution in [1.29, 1.82) is 0 Å². The van der Waals surface area contributed by atoms with Crippen molar-refractivity contribution in [2.45, 2.75) is 45.7 Å². The maximum atomic E-state index is 5.60. The molecule has 0 radical (unpaired) electrons. The summed E-state index contributed by atoms with van der Waals surface area (Å²) >= 11 is 0. The van der Waals surface area contributed by atoms with Gasteiger partial charge in [0.15, 0.2) is 0 Å². The van der Waals surface area contributed by atoms with Gasteiger partial charge in [0.05, 0.1) is 18.2 Å². The number of nitrogens with zero attached hydrogens (tertiary/aromatic N) is 1. The highest BCUT2D eigenvalue weighted by atomic mass is 16.7. The molecule has 16 heavy (non-hydrogen) atoms. The normalized spacial score (nSPS) is 22.1. The van der Waals surface area contributed by atoms with E-state index in [4.69, 9.17) is 4.84 Å². The van der Waals surface area contributed by atoms with E-state index in [0.717, 1.165) is 0 Å². The molecule has 0 aliphatic carbocycles. The Morgan fingerprint density at radius 2 is 1.56 bits per heavy atom. The topological polar surface area (TPSA) is 12.5 Å². The Morgan fingerprint density at radius 1 is 1.00 bits per heavy atom. The van der Waals surface area contributed by atoms with Crippen LogP contribution in [-0.4, -0.2) is 12.2 Å². The first kappa shape index (κ1) is 11.6. The van der Waals surface area contributed by atoms with Crippen LogP contribution in [0.15, 0.2) is 18.2 Å². The highest BCUT2D eigenvalue weighted by molar-refractivity contribution is 5.44. The lowest BCUT2D eigenvalue weighted by Crippen LogP contribution is -2.44. The fourth-order valence-corrected chi connectivity index (χ4v) is 3.07. The van der Waals surface area contributed by atoms with Crippen LogP contribution in [0.2, 0.25) is 0 Å². The maximum absolute atomic E-state index is 5.60. The monoisotopic (exact) mass is 219 g/mol. The number of fused-ring (bicyclic) bond motifs is 1. The maximum Gasteiger partial charge on any atom is 0.0668 e. The van der Waals surface area contributed by atoms with E-state index < -0.39 is 0 Å². The van der Waals surface area contributed by atoms with Gasteiger partial charge in [0.25, 0.3) is 0 Å². The second-order valence-electron chi connectivity index (χ2n) is 5.64. The molecule has 1 aromatic rings. The fraction of sp³-hybridized carbons (Fsp3) is 0.571. The summed E-state index contributed by atoms with van der Waals surface area (Å²) in [7, 11) is 1.75. The minimum atomic E-state index is -0.0698. The van der Waals surface area contributed by atoms with Gasteiger partial charge in [-0.25, -0.2) is 0 Å². The summed E-state index contributed by atoms with van der Waals surface area (Å²) in [4.78, 5) is 5.60. The molecule has 0 saturated carbocycles. The van der Waals surface area contributed by atoms with E-state index >= 15 is 0 Å². The molecule has 0 atom stereocenters. The first-order chi connectivity index (χ1) is 7.31. The molecule has 0 spiro atoms. The van der Waals surface area contributed by atoms with Gasteiger partial charge in [-0.2, -0.15) is 5.06 Å². The van der Waals surface area contributed by atoms with Gasteiger partial charge in [-0.15, -0.1) is 0 Å². The van der Waals surface area contributed by atoms with Gasteiger partial charge < -0.3 is 4.84 Å². The lowest BCUT2D eigenvalue weighted by molar-refractivity contribution is -0.241. The highest BCUT2D eigenvalue weighted by Gasteiger charge is 2.49. The Kier molecular flexibility index (Phi) is 2.41. The molecule has 1 aliphatic rings. The van der Waals surface area contributed by atoms with Gasteiger partial charge >= 0.3 is 0 Å². The predicted octanol–water partition coefficient (Wildman–Crippen LogP) is 3.34. The Bertz CT molecular complexity index is 421. The second kappa shape index (κ2) is 3.31. The molecule has 0 bridgehead atoms. The fourth-order valence-electron chi connectivity index (χ4n) is 3.07. The largest absolute Gasteiger partial charge is 0.301 e. The molecule has 0 N–H and O–H groups in total. The average Bonchev–Trinajstić information content (AvgIpc) is 2.30. The lowest BCUT2D eigenvalue weighted by Gasteiger charge is -2.38. The Labute approximate surface area is 98.2 Å². The van der Waals surface area contributed by atoms with Crippen molar-refractivity contribution in [3.05, 3.63) is 34.9 Å². The van der Waals surface area contributed by atoms with E-state index in [2.05, 4.69) is 57.9 Å². The molecular formula is C14H21NO. The number of benzene rings is 1. The molecular weight excluding hydrogens is 198 g/mol. The summed E-state index contributed by atoms with van der Waals surface area (Å²) in [6, 6.07) is 6.68. The van der Waals surface area contributed by atoms with Crippen LogP contribution in [0.4, 0.5) is 0 Å². The highest BCUT2D eigenvalue weighted by Crippen LogP contribution is 2.49. The molecule has 2 nitrogen and oxygen atoms in total. The van der Waals surface area contributed by atoms with Crippen LogP contribution in [-0.2, 0) is 15.9 Å². The molecule has 2 rings (SSSR count). The SMILES string of the molecule is CON1C(C)(C)c2ccc(C)cc2C1(C)C. The van der Waals surface area contributed by atoms with Crippen molar-refractivity contribution in [2.75, 3.05) is 7.11 Å². The van der Waals surface area contributed by atoms with Crippen molar-refractivity contribution in [1.82, 2.24) is 5.06 Å². The third-order valence-electron chi connectivity index (χ3n) is 3.69. The molecule has 1 aliphatic heterocycles. The van der Waals surface area contributed by atoms with Crippen LogP contribution >= 0.6 is 0 Å². The number of rotatable bonds is 1. The molecule has 0 fully saturated rings. The standard InChI is InChI=1S/C14H21NO/c1-10-7-8-11-12(9-10)14(4,5)15(16-6)13(11,2)3/h7-9H,1-6H3. The third-order valence-corrected chi connectivity index (χ3v) is 3.69. The number of hydrogen-bond donors (Lipinski definition) is 0. The van der Waals surface area contributed by atoms with E-state index in [1.165, 1.54) is 16.7 Å². The van der Waals surface area contributed by atoms with Crippen LogP contribution in [0.25, 0.3) is 0 Å². The quantitative estimate of drug-likeness (QED) is 0.718. The molecule has 1 aromatic carbocycles. The second-order valence-corrected chi connectivity index (χ2v) is 5.64. The minimum absolute atomic E-state index is 0.0682. The van der Waals surface area contributed by atoms with Crippen molar-refractivity contribution < 1.29 is 4.84 Å². The van der Waals surface area contributed by atoms with Gasteiger partial charge in [-0.1, -0.05) is 23.8 Å². The van der Waals surface area contributed by atoms with E-state index in [1.807, 2.05) is 0 Å². The Hall–Kier alpha value is -0.860. The zero-order chi connectivity index (χ0) is 12.1. The summed E-state index contributed by atoms with van der Waals surface area (Å²) < 4.78 is 0. The van der Waals surface area contributed by atoms with Gasteiger partial charge in [0, 0.05) is 0 Å². The smallest absolute Gasteiger partial charge is 0.0668 e. The van der Waals surface area contributed by atoms with E-state index in [0.29, 0.717) is 0 Å². The molecule has 0 saturated heterocycles. The first-order valence-corrected chi connectivity index (χ1v) is 5.78. The van der Waals surface area contributed by atoms with E-state index in [1.54, 1.807) is 7.11 Å². The molecule has 0 aromatic heterocycles. The lowest BCUT2D eigenvalue weighted by atomic mass is 9.89. The average molecular weight is 219 g/mol. The summed E-state index contributed by atoms with van der Waals surface area (Å²) in [6.45, 7) is 11.0. The third kappa shape index (κ3) is 1.33. The van der Waals surface area contributed by atoms with Crippen LogP contribution in [0.3, 0.4) is 0 Å². The zero-order valence-electron chi connectivity index (χ0n) is 11.1. The Morgan fingerprint density at radius 3 is 2.12 bits per heavy atom. The van der Waals surface area contributed by atoms with Crippen molar-refractivity contribution in [2.24, 2.45) is 0 Å². The minimum Gasteiger partial charge on any atom is -0.301 e.